The Morgan fingerprint density at radius 1 is 1.32 bits per heavy atom. The molecule has 0 atom stereocenters. The van der Waals surface area contributed by atoms with Crippen LogP contribution in [-0.4, -0.2) is 21.3 Å². The van der Waals surface area contributed by atoms with Crippen LogP contribution in [0.25, 0.3) is 0 Å². The third-order valence-electron chi connectivity index (χ3n) is 2.51. The van der Waals surface area contributed by atoms with Gasteiger partial charge in [0.15, 0.2) is 11.5 Å². The summed E-state index contributed by atoms with van der Waals surface area (Å²) in [5.41, 5.74) is 2.09. The van der Waals surface area contributed by atoms with Gasteiger partial charge in [-0.2, -0.15) is 5.26 Å². The molecule has 0 saturated heterocycles. The smallest absolute Gasteiger partial charge is 0.356 e. The predicted molar refractivity (Wildman–Crippen MR) is 68.2 cm³/mol. The monoisotopic (exact) mass is 254 g/mol. The Kier molecular flexibility index (Phi) is 3.39. The molecule has 0 aliphatic carbocycles. The lowest BCUT2D eigenvalue weighted by molar-refractivity contribution is 0.0689. The van der Waals surface area contributed by atoms with Gasteiger partial charge in [-0.05, 0) is 36.8 Å². The lowest BCUT2D eigenvalue weighted by Crippen LogP contribution is -2.04. The van der Waals surface area contributed by atoms with Crippen LogP contribution >= 0.6 is 0 Å². The number of anilines is 2. The zero-order valence-corrected chi connectivity index (χ0v) is 10.1. The summed E-state index contributed by atoms with van der Waals surface area (Å²) in [5.74, 6) is -0.704. The number of nitrogens with one attached hydrogen (secondary N) is 1. The zero-order valence-electron chi connectivity index (χ0n) is 10.1. The van der Waals surface area contributed by atoms with E-state index in [0.717, 1.165) is 11.3 Å². The molecule has 19 heavy (non-hydrogen) atoms. The Morgan fingerprint density at radius 2 is 2.11 bits per heavy atom. The molecule has 6 heteroatoms. The second-order valence-electron chi connectivity index (χ2n) is 3.88. The van der Waals surface area contributed by atoms with E-state index in [1.807, 2.05) is 13.0 Å². The van der Waals surface area contributed by atoms with E-state index in [9.17, 15) is 4.79 Å². The molecule has 0 unspecified atom stereocenters. The van der Waals surface area contributed by atoms with Gasteiger partial charge in [-0.25, -0.2) is 4.79 Å². The number of rotatable bonds is 3. The molecule has 6 nitrogen and oxygen atoms in total. The quantitative estimate of drug-likeness (QED) is 0.870. The average Bonchev–Trinajstić information content (AvgIpc) is 2.42. The Balaban J connectivity index is 2.26. The molecule has 0 spiro atoms. The SMILES string of the molecule is Cc1ccc(C#N)cc1Nc1ccc(C(=O)O)nn1. The predicted octanol–water partition coefficient (Wildman–Crippen LogP) is 2.10. The Morgan fingerprint density at radius 3 is 2.68 bits per heavy atom. The van der Waals surface area contributed by atoms with Gasteiger partial charge >= 0.3 is 5.97 Å². The maximum absolute atomic E-state index is 10.6. The summed E-state index contributed by atoms with van der Waals surface area (Å²) in [6, 6.07) is 10.2. The van der Waals surface area contributed by atoms with E-state index in [4.69, 9.17) is 10.4 Å². The second-order valence-corrected chi connectivity index (χ2v) is 3.88. The van der Waals surface area contributed by atoms with Crippen molar-refractivity contribution in [2.45, 2.75) is 6.92 Å². The van der Waals surface area contributed by atoms with Gasteiger partial charge in [0.05, 0.1) is 11.6 Å². The average molecular weight is 254 g/mol. The van der Waals surface area contributed by atoms with Gasteiger partial charge in [0.25, 0.3) is 0 Å². The number of aryl methyl sites for hydroxylation is 1. The van der Waals surface area contributed by atoms with Crippen LogP contribution in [0.1, 0.15) is 21.6 Å². The number of nitrogens with zero attached hydrogens (tertiary/aromatic N) is 3. The van der Waals surface area contributed by atoms with Crippen LogP contribution in [0.5, 0.6) is 0 Å². The Bertz CT molecular complexity index is 659. The first-order valence-electron chi connectivity index (χ1n) is 5.45. The summed E-state index contributed by atoms with van der Waals surface area (Å²) in [6.45, 7) is 1.89. The number of aromatic nitrogens is 2. The molecule has 0 bridgehead atoms. The van der Waals surface area contributed by atoms with Gasteiger partial charge in [0, 0.05) is 5.69 Å². The van der Waals surface area contributed by atoms with Gasteiger partial charge in [-0.3, -0.25) is 0 Å². The van der Waals surface area contributed by atoms with E-state index in [0.29, 0.717) is 11.4 Å². The van der Waals surface area contributed by atoms with Crippen molar-refractivity contribution in [1.29, 1.82) is 5.26 Å². The minimum absolute atomic E-state index is 0.118. The van der Waals surface area contributed by atoms with Gasteiger partial charge in [-0.15, -0.1) is 10.2 Å². The summed E-state index contributed by atoms with van der Waals surface area (Å²) in [6.07, 6.45) is 0. The molecule has 2 aromatic rings. The van der Waals surface area contributed by atoms with E-state index >= 15 is 0 Å². The van der Waals surface area contributed by atoms with Crippen molar-refractivity contribution in [2.24, 2.45) is 0 Å². The fourth-order valence-electron chi connectivity index (χ4n) is 1.48. The van der Waals surface area contributed by atoms with Crippen molar-refractivity contribution in [1.82, 2.24) is 10.2 Å². The van der Waals surface area contributed by atoms with Crippen molar-refractivity contribution in [3.63, 3.8) is 0 Å². The Hall–Kier alpha value is -2.94. The summed E-state index contributed by atoms with van der Waals surface area (Å²) in [4.78, 5) is 10.6. The number of hydrogen-bond donors (Lipinski definition) is 2. The van der Waals surface area contributed by atoms with Crippen LogP contribution in [-0.2, 0) is 0 Å². The summed E-state index contributed by atoms with van der Waals surface area (Å²) in [7, 11) is 0. The number of nitriles is 1. The van der Waals surface area contributed by atoms with Crippen LogP contribution in [0.3, 0.4) is 0 Å². The van der Waals surface area contributed by atoms with E-state index in [2.05, 4.69) is 21.6 Å². The number of hydrogen-bond acceptors (Lipinski definition) is 5. The van der Waals surface area contributed by atoms with Gasteiger partial charge in [-0.1, -0.05) is 6.07 Å². The van der Waals surface area contributed by atoms with Crippen LogP contribution in [0.15, 0.2) is 30.3 Å². The molecule has 0 saturated carbocycles. The molecule has 0 radical (unpaired) electrons. The molecule has 2 rings (SSSR count). The standard InChI is InChI=1S/C13H10N4O2/c1-8-2-3-9(7-14)6-11(8)15-12-5-4-10(13(18)19)16-17-12/h2-6H,1H3,(H,15,17)(H,18,19). The largest absolute Gasteiger partial charge is 0.476 e. The minimum atomic E-state index is -1.12. The highest BCUT2D eigenvalue weighted by molar-refractivity contribution is 5.85. The van der Waals surface area contributed by atoms with E-state index in [1.54, 1.807) is 12.1 Å². The van der Waals surface area contributed by atoms with Gasteiger partial charge in [0.1, 0.15) is 0 Å². The number of carbonyl (C=O) groups is 1. The molecule has 1 heterocycles. The molecule has 0 aliphatic heterocycles. The Labute approximate surface area is 109 Å². The molecule has 0 amide bonds. The third-order valence-corrected chi connectivity index (χ3v) is 2.51. The van der Waals surface area contributed by atoms with Crippen LogP contribution in [0.2, 0.25) is 0 Å². The fraction of sp³-hybridized carbons (Fsp3) is 0.0769. The van der Waals surface area contributed by atoms with E-state index in [1.165, 1.54) is 12.1 Å². The topological polar surface area (TPSA) is 98.9 Å². The molecule has 0 fully saturated rings. The van der Waals surface area contributed by atoms with Crippen molar-refractivity contribution in [3.8, 4) is 6.07 Å². The fourth-order valence-corrected chi connectivity index (χ4v) is 1.48. The molecular formula is C13H10N4O2. The highest BCUT2D eigenvalue weighted by Crippen LogP contribution is 2.20. The number of aromatic carboxylic acids is 1. The van der Waals surface area contributed by atoms with Crippen LogP contribution in [0.4, 0.5) is 11.5 Å². The van der Waals surface area contributed by atoms with Crippen molar-refractivity contribution >= 4 is 17.5 Å². The van der Waals surface area contributed by atoms with Crippen LogP contribution in [0, 0.1) is 18.3 Å². The second kappa shape index (κ2) is 5.14. The normalized spacial score (nSPS) is 9.68. The molecule has 94 valence electrons. The van der Waals surface area contributed by atoms with Crippen molar-refractivity contribution in [3.05, 3.63) is 47.2 Å². The lowest BCUT2D eigenvalue weighted by Gasteiger charge is -2.08. The summed E-state index contributed by atoms with van der Waals surface area (Å²) in [5, 5.41) is 27.9. The number of carboxylic acid groups (broad SMARTS) is 1. The zero-order chi connectivity index (χ0) is 13.8. The van der Waals surface area contributed by atoms with Gasteiger partial charge in [0.2, 0.25) is 0 Å². The summed E-state index contributed by atoms with van der Waals surface area (Å²) >= 11 is 0. The van der Waals surface area contributed by atoms with E-state index in [-0.39, 0.29) is 5.69 Å². The molecule has 1 aromatic carbocycles. The lowest BCUT2D eigenvalue weighted by atomic mass is 10.1. The van der Waals surface area contributed by atoms with Crippen molar-refractivity contribution in [2.75, 3.05) is 5.32 Å². The first-order valence-corrected chi connectivity index (χ1v) is 5.45. The first kappa shape index (κ1) is 12.5. The number of benzene rings is 1. The molecular weight excluding hydrogens is 244 g/mol. The maximum atomic E-state index is 10.6. The maximum Gasteiger partial charge on any atom is 0.356 e. The molecule has 2 N–H and O–H groups in total. The molecule has 0 aliphatic rings. The highest BCUT2D eigenvalue weighted by Gasteiger charge is 2.06. The highest BCUT2D eigenvalue weighted by atomic mass is 16.4. The first-order chi connectivity index (χ1) is 9.10. The van der Waals surface area contributed by atoms with Crippen LogP contribution < -0.4 is 5.32 Å². The molecule has 1 aromatic heterocycles. The summed E-state index contributed by atoms with van der Waals surface area (Å²) < 4.78 is 0. The third kappa shape index (κ3) is 2.84. The van der Waals surface area contributed by atoms with Gasteiger partial charge < -0.3 is 10.4 Å². The van der Waals surface area contributed by atoms with E-state index < -0.39 is 5.97 Å². The minimum Gasteiger partial charge on any atom is -0.476 e. The van der Waals surface area contributed by atoms with Crippen molar-refractivity contribution < 1.29 is 9.90 Å². The number of carboxylic acids is 1.